The summed E-state index contributed by atoms with van der Waals surface area (Å²) in [6.07, 6.45) is 0. The van der Waals surface area contributed by atoms with Crippen LogP contribution in [0, 0.1) is 5.82 Å². The van der Waals surface area contributed by atoms with Crippen LogP contribution in [-0.2, 0) is 4.79 Å². The molecule has 0 radical (unpaired) electrons. The van der Waals surface area contributed by atoms with E-state index in [-0.39, 0.29) is 23.1 Å². The summed E-state index contributed by atoms with van der Waals surface area (Å²) in [7, 11) is 0. The van der Waals surface area contributed by atoms with Gasteiger partial charge in [-0.2, -0.15) is 0 Å². The van der Waals surface area contributed by atoms with Gasteiger partial charge in [0.2, 0.25) is 0 Å². The Kier molecular flexibility index (Phi) is 3.98. The number of hydrogen-bond acceptors (Lipinski definition) is 3. The third-order valence-corrected chi connectivity index (χ3v) is 6.13. The monoisotopic (exact) mass is 378 g/mol. The molecule has 3 nitrogen and oxygen atoms in total. The number of nitrogens with zero attached hydrogens (tertiary/aromatic N) is 2. The van der Waals surface area contributed by atoms with Crippen LogP contribution in [0.4, 0.5) is 10.1 Å². The lowest BCUT2D eigenvalue weighted by Crippen LogP contribution is -2.33. The van der Waals surface area contributed by atoms with Crippen molar-refractivity contribution >= 4 is 52.3 Å². The zero-order chi connectivity index (χ0) is 16.8. The molecular weight excluding hydrogens is 367 g/mol. The van der Waals surface area contributed by atoms with E-state index in [1.165, 1.54) is 17.0 Å². The first-order valence-electron chi connectivity index (χ1n) is 7.35. The van der Waals surface area contributed by atoms with E-state index in [2.05, 4.69) is 0 Å². The quantitative estimate of drug-likeness (QED) is 0.730. The maximum absolute atomic E-state index is 13.2. The summed E-state index contributed by atoms with van der Waals surface area (Å²) in [4.78, 5) is 16.3. The van der Waals surface area contributed by atoms with Crippen molar-refractivity contribution in [2.75, 3.05) is 10.7 Å². The van der Waals surface area contributed by atoms with Crippen LogP contribution in [0.3, 0.4) is 0 Å². The first kappa shape index (κ1) is 15.9. The van der Waals surface area contributed by atoms with Gasteiger partial charge in [-0.1, -0.05) is 23.7 Å². The van der Waals surface area contributed by atoms with Crippen molar-refractivity contribution in [1.29, 1.82) is 0 Å². The van der Waals surface area contributed by atoms with Crippen molar-refractivity contribution < 1.29 is 9.18 Å². The highest BCUT2D eigenvalue weighted by Gasteiger charge is 2.50. The second kappa shape index (κ2) is 6.02. The Balaban J connectivity index is 1.67. The highest BCUT2D eigenvalue weighted by Crippen LogP contribution is 2.46. The lowest BCUT2D eigenvalue weighted by atomic mass is 10.2. The molecule has 1 amide bonds. The summed E-state index contributed by atoms with van der Waals surface area (Å²) in [5, 5.41) is 1.11. The number of rotatable bonds is 2. The largest absolute Gasteiger partial charge is 0.319 e. The number of benzene rings is 2. The number of hydrogen-bond donors (Lipinski definition) is 0. The fraction of sp³-hybridized carbons (Fsp3) is 0.176. The summed E-state index contributed by atoms with van der Waals surface area (Å²) in [5.41, 5.74) is 1.66. The van der Waals surface area contributed by atoms with Crippen LogP contribution in [0.25, 0.3) is 0 Å². The van der Waals surface area contributed by atoms with E-state index in [0.717, 1.165) is 5.56 Å². The van der Waals surface area contributed by atoms with Gasteiger partial charge in [-0.15, -0.1) is 11.8 Å². The Hall–Kier alpha value is -1.63. The fourth-order valence-corrected chi connectivity index (χ4v) is 5.05. The van der Waals surface area contributed by atoms with Gasteiger partial charge in [0.15, 0.2) is 5.11 Å². The molecule has 2 aliphatic heterocycles. The molecule has 0 aromatic heterocycles. The zero-order valence-electron chi connectivity index (χ0n) is 12.4. The van der Waals surface area contributed by atoms with Crippen molar-refractivity contribution in [3.05, 3.63) is 64.9 Å². The van der Waals surface area contributed by atoms with E-state index in [1.807, 2.05) is 29.2 Å². The molecule has 122 valence electrons. The summed E-state index contributed by atoms with van der Waals surface area (Å²) in [6.45, 7) is 0. The normalized spacial score (nSPS) is 23.1. The van der Waals surface area contributed by atoms with Crippen LogP contribution in [0.2, 0.25) is 5.02 Å². The topological polar surface area (TPSA) is 23.6 Å². The Morgan fingerprint density at radius 3 is 2.46 bits per heavy atom. The summed E-state index contributed by atoms with van der Waals surface area (Å²) in [5.74, 6) is 0.270. The number of carbonyl (C=O) groups is 1. The van der Waals surface area contributed by atoms with Crippen molar-refractivity contribution in [1.82, 2.24) is 4.90 Å². The number of fused-ring (bicyclic) bond motifs is 1. The van der Waals surface area contributed by atoms with Crippen LogP contribution in [0.1, 0.15) is 10.9 Å². The molecule has 0 spiro atoms. The minimum Gasteiger partial charge on any atom is -0.319 e. The molecule has 2 atom stereocenters. The van der Waals surface area contributed by atoms with Crippen molar-refractivity contribution in [3.8, 4) is 0 Å². The molecule has 4 rings (SSSR count). The Bertz CT molecular complexity index is 812. The average Bonchev–Trinajstić information content (AvgIpc) is 3.11. The lowest BCUT2D eigenvalue weighted by Gasteiger charge is -2.25. The molecular formula is C17H12ClFN2OS2. The van der Waals surface area contributed by atoms with E-state index in [1.54, 1.807) is 23.9 Å². The van der Waals surface area contributed by atoms with Gasteiger partial charge in [0.25, 0.3) is 5.91 Å². The lowest BCUT2D eigenvalue weighted by molar-refractivity contribution is -0.119. The average molecular weight is 379 g/mol. The molecule has 0 aliphatic carbocycles. The molecule has 2 fully saturated rings. The smallest absolute Gasteiger partial charge is 0.257 e. The van der Waals surface area contributed by atoms with Crippen LogP contribution in [-0.4, -0.2) is 27.7 Å². The predicted octanol–water partition coefficient (Wildman–Crippen LogP) is 4.23. The third kappa shape index (κ3) is 2.49. The zero-order valence-corrected chi connectivity index (χ0v) is 14.7. The van der Waals surface area contributed by atoms with Crippen LogP contribution in [0.5, 0.6) is 0 Å². The summed E-state index contributed by atoms with van der Waals surface area (Å²) < 4.78 is 13.2. The number of carbonyl (C=O) groups excluding carboxylic acids is 1. The number of thioether (sulfide) groups is 1. The standard InChI is InChI=1S/C17H12ClFN2OS2/c18-11-3-1-10(2-4-11)16-21-14(9-24-16)15(22)20(17(21)23)13-7-5-12(19)6-8-13/h1-8,14,16H,9H2/t14-,16-/m0/s1. The van der Waals surface area contributed by atoms with Crippen LogP contribution in [0.15, 0.2) is 48.5 Å². The van der Waals surface area contributed by atoms with Gasteiger partial charge in [-0.25, -0.2) is 4.39 Å². The molecule has 2 saturated heterocycles. The summed E-state index contributed by atoms with van der Waals surface area (Å²) >= 11 is 13.2. The molecule has 7 heteroatoms. The van der Waals surface area contributed by atoms with Crippen LogP contribution < -0.4 is 4.90 Å². The highest BCUT2D eigenvalue weighted by atomic mass is 35.5. The maximum atomic E-state index is 13.2. The molecule has 0 bridgehead atoms. The van der Waals surface area contributed by atoms with Crippen molar-refractivity contribution in [2.24, 2.45) is 0 Å². The molecule has 24 heavy (non-hydrogen) atoms. The second-order valence-corrected chi connectivity index (χ2v) is 7.51. The van der Waals surface area contributed by atoms with Gasteiger partial charge >= 0.3 is 0 Å². The SMILES string of the molecule is O=C1[C@@H]2CS[C@@H](c3ccc(Cl)cc3)N2C(=S)N1c1ccc(F)cc1. The molecule has 2 aromatic rings. The predicted molar refractivity (Wildman–Crippen MR) is 98.8 cm³/mol. The van der Waals surface area contributed by atoms with E-state index in [4.69, 9.17) is 23.8 Å². The first-order valence-corrected chi connectivity index (χ1v) is 9.18. The molecule has 2 aromatic carbocycles. The number of halogens is 2. The third-order valence-electron chi connectivity index (χ3n) is 4.16. The van der Waals surface area contributed by atoms with Gasteiger partial charge in [0.1, 0.15) is 17.2 Å². The van der Waals surface area contributed by atoms with Crippen LogP contribution >= 0.6 is 35.6 Å². The van der Waals surface area contributed by atoms with E-state index >= 15 is 0 Å². The van der Waals surface area contributed by atoms with Crippen molar-refractivity contribution in [3.63, 3.8) is 0 Å². The summed E-state index contributed by atoms with van der Waals surface area (Å²) in [6, 6.07) is 13.1. The van der Waals surface area contributed by atoms with Gasteiger partial charge in [0.05, 0.1) is 5.69 Å². The first-order chi connectivity index (χ1) is 11.6. The molecule has 2 heterocycles. The fourth-order valence-electron chi connectivity index (χ4n) is 3.00. The molecule has 2 aliphatic rings. The molecule has 0 N–H and O–H groups in total. The van der Waals surface area contributed by atoms with Gasteiger partial charge in [0, 0.05) is 10.8 Å². The molecule has 0 unspecified atom stereocenters. The van der Waals surface area contributed by atoms with Crippen molar-refractivity contribution in [2.45, 2.75) is 11.4 Å². The Labute approximate surface area is 153 Å². The minimum atomic E-state index is -0.341. The minimum absolute atomic E-state index is 0.0193. The van der Waals surface area contributed by atoms with E-state index < -0.39 is 0 Å². The number of anilines is 1. The molecule has 0 saturated carbocycles. The van der Waals surface area contributed by atoms with Gasteiger partial charge in [-0.05, 0) is 54.2 Å². The Morgan fingerprint density at radius 2 is 1.79 bits per heavy atom. The highest BCUT2D eigenvalue weighted by molar-refractivity contribution is 7.99. The number of thiocarbonyl (C=S) groups is 1. The van der Waals surface area contributed by atoms with Gasteiger partial charge < -0.3 is 4.90 Å². The maximum Gasteiger partial charge on any atom is 0.257 e. The van der Waals surface area contributed by atoms with Gasteiger partial charge in [-0.3, -0.25) is 9.69 Å². The van der Waals surface area contributed by atoms with E-state index in [9.17, 15) is 9.18 Å². The Morgan fingerprint density at radius 1 is 1.12 bits per heavy atom. The number of amides is 1. The van der Waals surface area contributed by atoms with E-state index in [0.29, 0.717) is 21.6 Å². The second-order valence-electron chi connectivity index (χ2n) is 5.59.